The summed E-state index contributed by atoms with van der Waals surface area (Å²) in [7, 11) is 0. The first kappa shape index (κ1) is 12.5. The molecule has 0 aliphatic rings. The molecular formula is C13H19N5. The van der Waals surface area contributed by atoms with E-state index in [-0.39, 0.29) is 0 Å². The SMILES string of the molecule is CCNc1cc(-n2ccnc2CC)nc(CC)n1. The molecule has 2 rings (SSSR count). The number of hydrogen-bond acceptors (Lipinski definition) is 4. The van der Waals surface area contributed by atoms with E-state index in [2.05, 4.69) is 41.0 Å². The van der Waals surface area contributed by atoms with Crippen molar-refractivity contribution < 1.29 is 0 Å². The molecule has 0 aliphatic heterocycles. The number of nitrogens with zero attached hydrogens (tertiary/aromatic N) is 4. The molecule has 0 saturated heterocycles. The normalized spacial score (nSPS) is 10.6. The van der Waals surface area contributed by atoms with Gasteiger partial charge in [-0.3, -0.25) is 4.57 Å². The minimum atomic E-state index is 0.822. The summed E-state index contributed by atoms with van der Waals surface area (Å²) in [5.41, 5.74) is 0. The predicted molar refractivity (Wildman–Crippen MR) is 72.1 cm³/mol. The van der Waals surface area contributed by atoms with E-state index in [0.29, 0.717) is 0 Å². The second-order valence-electron chi connectivity index (χ2n) is 3.98. The molecular weight excluding hydrogens is 226 g/mol. The van der Waals surface area contributed by atoms with Gasteiger partial charge in [-0.15, -0.1) is 0 Å². The summed E-state index contributed by atoms with van der Waals surface area (Å²) in [4.78, 5) is 13.3. The summed E-state index contributed by atoms with van der Waals surface area (Å²) in [6, 6.07) is 1.96. The molecule has 0 spiro atoms. The van der Waals surface area contributed by atoms with Crippen LogP contribution in [0, 0.1) is 0 Å². The van der Waals surface area contributed by atoms with E-state index in [9.17, 15) is 0 Å². The quantitative estimate of drug-likeness (QED) is 0.877. The van der Waals surface area contributed by atoms with Crippen LogP contribution in [-0.2, 0) is 12.8 Å². The molecule has 0 saturated carbocycles. The highest BCUT2D eigenvalue weighted by Crippen LogP contribution is 2.13. The molecule has 0 atom stereocenters. The van der Waals surface area contributed by atoms with Crippen molar-refractivity contribution >= 4 is 5.82 Å². The molecule has 18 heavy (non-hydrogen) atoms. The van der Waals surface area contributed by atoms with Crippen molar-refractivity contribution in [2.45, 2.75) is 33.6 Å². The molecule has 2 heterocycles. The zero-order valence-electron chi connectivity index (χ0n) is 11.1. The zero-order valence-corrected chi connectivity index (χ0v) is 11.1. The fraction of sp³-hybridized carbons (Fsp3) is 0.462. The van der Waals surface area contributed by atoms with Crippen LogP contribution in [0.15, 0.2) is 18.5 Å². The Hall–Kier alpha value is -1.91. The summed E-state index contributed by atoms with van der Waals surface area (Å²) in [5.74, 6) is 3.61. The van der Waals surface area contributed by atoms with Gasteiger partial charge in [-0.25, -0.2) is 15.0 Å². The van der Waals surface area contributed by atoms with Gasteiger partial charge in [-0.05, 0) is 6.92 Å². The van der Waals surface area contributed by atoms with Crippen LogP contribution < -0.4 is 5.32 Å². The van der Waals surface area contributed by atoms with E-state index in [1.807, 2.05) is 16.8 Å². The Kier molecular flexibility index (Phi) is 3.92. The monoisotopic (exact) mass is 245 g/mol. The average molecular weight is 245 g/mol. The van der Waals surface area contributed by atoms with Gasteiger partial charge in [0.2, 0.25) is 0 Å². The van der Waals surface area contributed by atoms with Crippen LogP contribution in [0.3, 0.4) is 0 Å². The highest BCUT2D eigenvalue weighted by Gasteiger charge is 2.08. The molecule has 1 N–H and O–H groups in total. The molecule has 0 radical (unpaired) electrons. The van der Waals surface area contributed by atoms with Crippen LogP contribution in [0.1, 0.15) is 32.4 Å². The molecule has 0 aromatic carbocycles. The molecule has 0 fully saturated rings. The Morgan fingerprint density at radius 2 is 2.00 bits per heavy atom. The van der Waals surface area contributed by atoms with Gasteiger partial charge >= 0.3 is 0 Å². The largest absolute Gasteiger partial charge is 0.370 e. The summed E-state index contributed by atoms with van der Waals surface area (Å²) >= 11 is 0. The number of anilines is 1. The van der Waals surface area contributed by atoms with Gasteiger partial charge in [0.15, 0.2) is 0 Å². The number of aryl methyl sites for hydroxylation is 2. The second-order valence-corrected chi connectivity index (χ2v) is 3.98. The van der Waals surface area contributed by atoms with Gasteiger partial charge in [-0.1, -0.05) is 13.8 Å². The van der Waals surface area contributed by atoms with E-state index in [4.69, 9.17) is 0 Å². The molecule has 5 heteroatoms. The third kappa shape index (κ3) is 2.50. The van der Waals surface area contributed by atoms with Crippen molar-refractivity contribution in [3.8, 4) is 5.82 Å². The Morgan fingerprint density at radius 3 is 2.67 bits per heavy atom. The Labute approximate surface area is 107 Å². The van der Waals surface area contributed by atoms with Gasteiger partial charge < -0.3 is 5.32 Å². The van der Waals surface area contributed by atoms with Crippen molar-refractivity contribution in [3.63, 3.8) is 0 Å². The van der Waals surface area contributed by atoms with E-state index in [1.165, 1.54) is 0 Å². The highest BCUT2D eigenvalue weighted by molar-refractivity contribution is 5.42. The summed E-state index contributed by atoms with van der Waals surface area (Å²) in [5, 5.41) is 3.24. The molecule has 2 aromatic rings. The van der Waals surface area contributed by atoms with Crippen LogP contribution in [0.2, 0.25) is 0 Å². The van der Waals surface area contributed by atoms with Crippen molar-refractivity contribution in [1.29, 1.82) is 0 Å². The van der Waals surface area contributed by atoms with E-state index >= 15 is 0 Å². The topological polar surface area (TPSA) is 55.6 Å². The van der Waals surface area contributed by atoms with Gasteiger partial charge in [-0.2, -0.15) is 0 Å². The summed E-state index contributed by atoms with van der Waals surface area (Å²) in [6.07, 6.45) is 5.45. The van der Waals surface area contributed by atoms with E-state index in [0.717, 1.165) is 42.7 Å². The summed E-state index contributed by atoms with van der Waals surface area (Å²) < 4.78 is 2.02. The molecule has 0 unspecified atom stereocenters. The third-order valence-electron chi connectivity index (χ3n) is 2.71. The third-order valence-corrected chi connectivity index (χ3v) is 2.71. The maximum absolute atomic E-state index is 4.56. The number of imidazole rings is 1. The predicted octanol–water partition coefficient (Wildman–Crippen LogP) is 2.22. The lowest BCUT2D eigenvalue weighted by atomic mass is 10.4. The van der Waals surface area contributed by atoms with Crippen molar-refractivity contribution in [3.05, 3.63) is 30.1 Å². The van der Waals surface area contributed by atoms with Gasteiger partial charge in [0.05, 0.1) is 0 Å². The minimum Gasteiger partial charge on any atom is -0.370 e. The lowest BCUT2D eigenvalue weighted by Crippen LogP contribution is -2.08. The van der Waals surface area contributed by atoms with Crippen molar-refractivity contribution in [2.24, 2.45) is 0 Å². The van der Waals surface area contributed by atoms with Crippen LogP contribution in [-0.4, -0.2) is 26.1 Å². The number of hydrogen-bond donors (Lipinski definition) is 1. The lowest BCUT2D eigenvalue weighted by Gasteiger charge is -2.10. The highest BCUT2D eigenvalue weighted by atomic mass is 15.1. The van der Waals surface area contributed by atoms with Crippen LogP contribution in [0.5, 0.6) is 0 Å². The first-order valence-corrected chi connectivity index (χ1v) is 6.42. The van der Waals surface area contributed by atoms with E-state index in [1.54, 1.807) is 6.20 Å². The number of aromatic nitrogens is 4. The maximum atomic E-state index is 4.56. The van der Waals surface area contributed by atoms with Crippen molar-refractivity contribution in [1.82, 2.24) is 19.5 Å². The first-order valence-electron chi connectivity index (χ1n) is 6.42. The van der Waals surface area contributed by atoms with Crippen LogP contribution in [0.25, 0.3) is 5.82 Å². The Balaban J connectivity index is 2.46. The molecule has 0 amide bonds. The van der Waals surface area contributed by atoms with Gasteiger partial charge in [0.25, 0.3) is 0 Å². The van der Waals surface area contributed by atoms with Gasteiger partial charge in [0.1, 0.15) is 23.3 Å². The lowest BCUT2D eigenvalue weighted by molar-refractivity contribution is 0.835. The standard InChI is InChI=1S/C13H19N5/c1-4-10-16-11(14-6-3)9-13(17-10)18-8-7-15-12(18)5-2/h7-9H,4-6H2,1-3H3,(H,14,16,17). The molecule has 2 aromatic heterocycles. The van der Waals surface area contributed by atoms with Crippen molar-refractivity contribution in [2.75, 3.05) is 11.9 Å². The Bertz CT molecular complexity index is 518. The summed E-state index contributed by atoms with van der Waals surface area (Å²) in [6.45, 7) is 7.06. The molecule has 0 bridgehead atoms. The van der Waals surface area contributed by atoms with Gasteiger partial charge in [0, 0.05) is 37.8 Å². The fourth-order valence-electron chi connectivity index (χ4n) is 1.84. The Morgan fingerprint density at radius 1 is 1.17 bits per heavy atom. The maximum Gasteiger partial charge on any atom is 0.143 e. The minimum absolute atomic E-state index is 0.822. The van der Waals surface area contributed by atoms with E-state index < -0.39 is 0 Å². The number of rotatable bonds is 5. The number of nitrogens with one attached hydrogen (secondary N) is 1. The smallest absolute Gasteiger partial charge is 0.143 e. The molecule has 5 nitrogen and oxygen atoms in total. The molecule has 96 valence electrons. The fourth-order valence-corrected chi connectivity index (χ4v) is 1.84. The first-order chi connectivity index (χ1) is 8.78. The molecule has 0 aliphatic carbocycles. The van der Waals surface area contributed by atoms with Crippen LogP contribution >= 0.6 is 0 Å². The zero-order chi connectivity index (χ0) is 13.0. The van der Waals surface area contributed by atoms with Crippen LogP contribution in [0.4, 0.5) is 5.82 Å². The average Bonchev–Trinajstić information content (AvgIpc) is 2.87. The second kappa shape index (κ2) is 5.62.